The third-order valence-electron chi connectivity index (χ3n) is 5.63. The molecule has 0 aromatic carbocycles. The summed E-state index contributed by atoms with van der Waals surface area (Å²) < 4.78 is 40.3. The van der Waals surface area contributed by atoms with Gasteiger partial charge in [0.15, 0.2) is 0 Å². The summed E-state index contributed by atoms with van der Waals surface area (Å²) in [4.78, 5) is 0. The molecule has 0 bridgehead atoms. The molecule has 0 amide bonds. The minimum Gasteiger partial charge on any atom is -0.316 e. The summed E-state index contributed by atoms with van der Waals surface area (Å²) in [7, 11) is 0. The van der Waals surface area contributed by atoms with Gasteiger partial charge in [-0.3, -0.25) is 5.14 Å². The van der Waals surface area contributed by atoms with Gasteiger partial charge < -0.3 is 5.32 Å². The molecule has 0 aromatic heterocycles. The number of nitrogens with two attached hydrogens (primary N) is 1. The number of alkyl halides is 3. The van der Waals surface area contributed by atoms with Crippen molar-refractivity contribution in [3.63, 3.8) is 0 Å². The maximum Gasteiger partial charge on any atom is 0.391 e. The van der Waals surface area contributed by atoms with E-state index in [1.165, 1.54) is 25.0 Å². The van der Waals surface area contributed by atoms with Gasteiger partial charge in [-0.2, -0.15) is 13.2 Å². The van der Waals surface area contributed by atoms with Crippen LogP contribution in [-0.4, -0.2) is 36.2 Å². The Kier molecular flexibility index (Phi) is 4.47. The molecular formula is C14H24F3N3S. The van der Waals surface area contributed by atoms with Gasteiger partial charge in [0, 0.05) is 37.8 Å². The maximum atomic E-state index is 12.7. The molecule has 3 fully saturated rings. The molecule has 1 heterocycles. The second-order valence-corrected chi connectivity index (χ2v) is 7.81. The lowest BCUT2D eigenvalue weighted by atomic mass is 9.61. The number of hydrogen-bond acceptors (Lipinski definition) is 4. The van der Waals surface area contributed by atoms with Gasteiger partial charge in [-0.1, -0.05) is 0 Å². The number of nitrogens with zero attached hydrogens (tertiary/aromatic N) is 1. The topological polar surface area (TPSA) is 41.3 Å². The predicted molar refractivity (Wildman–Crippen MR) is 78.3 cm³/mol. The van der Waals surface area contributed by atoms with Crippen LogP contribution in [0.4, 0.5) is 13.2 Å². The van der Waals surface area contributed by atoms with Gasteiger partial charge in [-0.25, -0.2) is 4.31 Å². The van der Waals surface area contributed by atoms with Crippen LogP contribution in [0.5, 0.6) is 0 Å². The first kappa shape index (κ1) is 15.9. The van der Waals surface area contributed by atoms with Crippen LogP contribution in [0.3, 0.4) is 0 Å². The van der Waals surface area contributed by atoms with E-state index in [4.69, 9.17) is 5.14 Å². The maximum absolute atomic E-state index is 12.7. The molecule has 2 aliphatic carbocycles. The highest BCUT2D eigenvalue weighted by molar-refractivity contribution is 7.94. The van der Waals surface area contributed by atoms with Gasteiger partial charge >= 0.3 is 6.18 Å². The molecule has 21 heavy (non-hydrogen) atoms. The predicted octanol–water partition coefficient (Wildman–Crippen LogP) is 2.93. The van der Waals surface area contributed by atoms with Gasteiger partial charge in [0.05, 0.1) is 5.92 Å². The summed E-state index contributed by atoms with van der Waals surface area (Å²) >= 11 is 1.28. The van der Waals surface area contributed by atoms with E-state index in [9.17, 15) is 13.2 Å². The zero-order valence-electron chi connectivity index (χ0n) is 12.2. The fourth-order valence-corrected chi connectivity index (χ4v) is 4.73. The van der Waals surface area contributed by atoms with Crippen molar-refractivity contribution in [2.24, 2.45) is 22.4 Å². The Hall–Kier alpha value is 0.0200. The molecule has 2 saturated carbocycles. The molecule has 3 N–H and O–H groups in total. The minimum absolute atomic E-state index is 0.287. The number of rotatable bonds is 4. The quantitative estimate of drug-likeness (QED) is 0.781. The first-order valence-corrected chi connectivity index (χ1v) is 8.66. The highest BCUT2D eigenvalue weighted by Gasteiger charge is 2.50. The molecule has 3 aliphatic rings. The number of halogens is 3. The van der Waals surface area contributed by atoms with Gasteiger partial charge in [-0.05, 0) is 49.9 Å². The standard InChI is InChI=1S/C14H24F3N3S/c15-14(16,17)11-3-1-10(2-4-11)7-20(21-18)12-5-13(6-12)8-19-9-13/h10-12,19H,1-9,18H2. The lowest BCUT2D eigenvalue weighted by molar-refractivity contribution is -0.184. The summed E-state index contributed by atoms with van der Waals surface area (Å²) in [6.07, 6.45) is 0.294. The van der Waals surface area contributed by atoms with Crippen molar-refractivity contribution in [3.8, 4) is 0 Å². The molecule has 7 heteroatoms. The summed E-state index contributed by atoms with van der Waals surface area (Å²) in [5.74, 6) is -0.712. The Labute approximate surface area is 128 Å². The Morgan fingerprint density at radius 3 is 2.19 bits per heavy atom. The minimum atomic E-state index is -4.01. The zero-order chi connectivity index (χ0) is 15.1. The molecule has 0 radical (unpaired) electrons. The van der Waals surface area contributed by atoms with E-state index in [1.807, 2.05) is 0 Å². The molecule has 3 rings (SSSR count). The molecule has 0 unspecified atom stereocenters. The lowest BCUT2D eigenvalue weighted by Crippen LogP contribution is -2.64. The molecular weight excluding hydrogens is 299 g/mol. The van der Waals surface area contributed by atoms with Crippen LogP contribution in [0.1, 0.15) is 38.5 Å². The SMILES string of the molecule is NSN(CC1CCC(C(F)(F)F)CC1)C1CC2(CNC2)C1. The van der Waals surface area contributed by atoms with Crippen molar-refractivity contribution in [1.82, 2.24) is 9.62 Å². The summed E-state index contributed by atoms with van der Waals surface area (Å²) in [6, 6.07) is 0.516. The van der Waals surface area contributed by atoms with E-state index < -0.39 is 12.1 Å². The van der Waals surface area contributed by atoms with Gasteiger partial charge in [-0.15, -0.1) is 0 Å². The second-order valence-electron chi connectivity index (χ2n) is 7.13. The van der Waals surface area contributed by atoms with Gasteiger partial charge in [0.25, 0.3) is 0 Å². The van der Waals surface area contributed by atoms with Crippen LogP contribution in [-0.2, 0) is 0 Å². The molecule has 1 spiro atoms. The first-order valence-electron chi connectivity index (χ1n) is 7.83. The van der Waals surface area contributed by atoms with Crippen LogP contribution in [0.25, 0.3) is 0 Å². The lowest BCUT2D eigenvalue weighted by Gasteiger charge is -2.57. The van der Waals surface area contributed by atoms with Crippen molar-refractivity contribution in [2.75, 3.05) is 19.6 Å². The zero-order valence-corrected chi connectivity index (χ0v) is 13.0. The van der Waals surface area contributed by atoms with E-state index in [0.29, 0.717) is 30.2 Å². The van der Waals surface area contributed by atoms with Gasteiger partial charge in [0.2, 0.25) is 0 Å². The molecule has 0 atom stereocenters. The molecule has 0 aromatic rings. The number of hydrogen-bond donors (Lipinski definition) is 2. The van der Waals surface area contributed by atoms with Crippen molar-refractivity contribution >= 4 is 12.1 Å². The van der Waals surface area contributed by atoms with Crippen molar-refractivity contribution in [3.05, 3.63) is 0 Å². The van der Waals surface area contributed by atoms with Crippen LogP contribution < -0.4 is 10.5 Å². The Balaban J connectivity index is 1.43. The van der Waals surface area contributed by atoms with E-state index in [1.54, 1.807) is 0 Å². The fourth-order valence-electron chi connectivity index (χ4n) is 4.12. The van der Waals surface area contributed by atoms with Gasteiger partial charge in [0.1, 0.15) is 0 Å². The largest absolute Gasteiger partial charge is 0.391 e. The highest BCUT2D eigenvalue weighted by atomic mass is 32.2. The van der Waals surface area contributed by atoms with Crippen molar-refractivity contribution in [1.29, 1.82) is 0 Å². The molecule has 1 aliphatic heterocycles. The van der Waals surface area contributed by atoms with Crippen LogP contribution in [0.15, 0.2) is 0 Å². The smallest absolute Gasteiger partial charge is 0.316 e. The van der Waals surface area contributed by atoms with Crippen LogP contribution in [0, 0.1) is 17.3 Å². The van der Waals surface area contributed by atoms with Crippen molar-refractivity contribution in [2.45, 2.75) is 50.7 Å². The fraction of sp³-hybridized carbons (Fsp3) is 1.00. The average Bonchev–Trinajstić information content (AvgIpc) is 2.33. The van der Waals surface area contributed by atoms with E-state index in [-0.39, 0.29) is 12.8 Å². The Morgan fingerprint density at radius 1 is 1.14 bits per heavy atom. The van der Waals surface area contributed by atoms with Crippen molar-refractivity contribution < 1.29 is 13.2 Å². The third kappa shape index (κ3) is 3.35. The third-order valence-corrected chi connectivity index (χ3v) is 6.35. The number of nitrogens with one attached hydrogen (secondary N) is 1. The highest BCUT2D eigenvalue weighted by Crippen LogP contribution is 2.48. The first-order chi connectivity index (χ1) is 9.92. The van der Waals surface area contributed by atoms with E-state index in [2.05, 4.69) is 9.62 Å². The average molecular weight is 323 g/mol. The Morgan fingerprint density at radius 2 is 1.76 bits per heavy atom. The van der Waals surface area contributed by atoms with Crippen LogP contribution in [0.2, 0.25) is 0 Å². The molecule has 122 valence electrons. The van der Waals surface area contributed by atoms with Crippen LogP contribution >= 0.6 is 12.1 Å². The molecule has 3 nitrogen and oxygen atoms in total. The van der Waals surface area contributed by atoms with E-state index >= 15 is 0 Å². The molecule has 1 saturated heterocycles. The van der Waals surface area contributed by atoms with E-state index in [0.717, 1.165) is 19.6 Å². The summed E-state index contributed by atoms with van der Waals surface area (Å²) in [6.45, 7) is 3.08. The summed E-state index contributed by atoms with van der Waals surface area (Å²) in [5, 5.41) is 9.11. The monoisotopic (exact) mass is 323 g/mol. The normalized spacial score (nSPS) is 33.0. The second kappa shape index (κ2) is 5.91. The Bertz CT molecular complexity index is 357. The summed E-state index contributed by atoms with van der Waals surface area (Å²) in [5.41, 5.74) is 0.507.